The third-order valence-corrected chi connectivity index (χ3v) is 4.09. The largest absolute Gasteiger partial charge is 0.497 e. The number of fused-ring (bicyclic) bond motifs is 5. The van der Waals surface area contributed by atoms with Crippen LogP contribution in [0.4, 0.5) is 0 Å². The fourth-order valence-electron chi connectivity index (χ4n) is 3.17. The van der Waals surface area contributed by atoms with Gasteiger partial charge in [0.05, 0.1) is 7.11 Å². The van der Waals surface area contributed by atoms with Gasteiger partial charge in [0.25, 0.3) is 0 Å². The molecule has 0 saturated heterocycles. The average molecular weight is 249 g/mol. The summed E-state index contributed by atoms with van der Waals surface area (Å²) in [4.78, 5) is 3.55. The molecule has 2 aromatic carbocycles. The second kappa shape index (κ2) is 3.64. The van der Waals surface area contributed by atoms with Crippen molar-refractivity contribution in [3.05, 3.63) is 53.2 Å². The van der Waals surface area contributed by atoms with Crippen molar-refractivity contribution in [2.75, 3.05) is 7.11 Å². The predicted molar refractivity (Wildman–Crippen MR) is 77.8 cm³/mol. The van der Waals surface area contributed by atoms with Gasteiger partial charge in [0.1, 0.15) is 5.75 Å². The number of ether oxygens (including phenoxy) is 1. The first kappa shape index (κ1) is 10.7. The maximum absolute atomic E-state index is 5.41. The number of nitrogens with one attached hydrogen (secondary N) is 1. The van der Waals surface area contributed by atoms with Crippen LogP contribution in [0.3, 0.4) is 0 Å². The van der Waals surface area contributed by atoms with E-state index < -0.39 is 0 Å². The third-order valence-electron chi connectivity index (χ3n) is 4.09. The van der Waals surface area contributed by atoms with Crippen LogP contribution in [0.5, 0.6) is 5.75 Å². The first-order chi connectivity index (χ1) is 9.28. The molecule has 1 aromatic heterocycles. The Morgan fingerprint density at radius 2 is 2.00 bits per heavy atom. The number of hydrogen-bond acceptors (Lipinski definition) is 1. The molecular formula is C17H15NO. The standard InChI is InChI=1S/C17H15NO/c1-10-7-11(19-2)8-14-13(10)9-16-17(14)12-5-3-4-6-15(12)18-16/h3-8,18H,9H2,1-2H3. The highest BCUT2D eigenvalue weighted by molar-refractivity contribution is 6.00. The Morgan fingerprint density at radius 1 is 1.16 bits per heavy atom. The summed E-state index contributed by atoms with van der Waals surface area (Å²) in [6.45, 7) is 2.16. The molecule has 0 amide bonds. The molecule has 0 fully saturated rings. The van der Waals surface area contributed by atoms with Crippen LogP contribution in [0, 0.1) is 6.92 Å². The molecule has 0 aliphatic heterocycles. The van der Waals surface area contributed by atoms with E-state index >= 15 is 0 Å². The smallest absolute Gasteiger partial charge is 0.119 e. The normalized spacial score (nSPS) is 12.5. The molecule has 1 aliphatic carbocycles. The lowest BCUT2D eigenvalue weighted by Crippen LogP contribution is -1.91. The highest BCUT2D eigenvalue weighted by Gasteiger charge is 2.25. The molecule has 0 unspecified atom stereocenters. The molecule has 0 spiro atoms. The Morgan fingerprint density at radius 3 is 2.84 bits per heavy atom. The van der Waals surface area contributed by atoms with E-state index in [1.807, 2.05) is 0 Å². The van der Waals surface area contributed by atoms with Crippen LogP contribution in [-0.4, -0.2) is 12.1 Å². The molecule has 94 valence electrons. The summed E-state index contributed by atoms with van der Waals surface area (Å²) in [5.41, 5.74) is 7.96. The number of methoxy groups -OCH3 is 1. The van der Waals surface area contributed by atoms with Crippen LogP contribution in [0.15, 0.2) is 36.4 Å². The van der Waals surface area contributed by atoms with E-state index in [-0.39, 0.29) is 0 Å². The Bertz CT molecular complexity index is 798. The summed E-state index contributed by atoms with van der Waals surface area (Å²) >= 11 is 0. The van der Waals surface area contributed by atoms with Crippen molar-refractivity contribution in [1.82, 2.24) is 4.98 Å². The minimum atomic E-state index is 0.939. The van der Waals surface area contributed by atoms with Crippen molar-refractivity contribution in [1.29, 1.82) is 0 Å². The van der Waals surface area contributed by atoms with Gasteiger partial charge in [0.15, 0.2) is 0 Å². The van der Waals surface area contributed by atoms with Crippen molar-refractivity contribution < 1.29 is 4.74 Å². The zero-order chi connectivity index (χ0) is 13.0. The van der Waals surface area contributed by atoms with E-state index in [0.29, 0.717) is 0 Å². The third kappa shape index (κ3) is 1.37. The summed E-state index contributed by atoms with van der Waals surface area (Å²) in [6.07, 6.45) is 0.995. The Hall–Kier alpha value is -2.22. The number of aryl methyl sites for hydroxylation is 1. The topological polar surface area (TPSA) is 25.0 Å². The number of benzene rings is 2. The minimum Gasteiger partial charge on any atom is -0.497 e. The lowest BCUT2D eigenvalue weighted by atomic mass is 10.00. The number of hydrogen-bond donors (Lipinski definition) is 1. The molecule has 0 radical (unpaired) electrons. The quantitative estimate of drug-likeness (QED) is 0.540. The van der Waals surface area contributed by atoms with Gasteiger partial charge in [-0.3, -0.25) is 0 Å². The van der Waals surface area contributed by atoms with Gasteiger partial charge in [-0.2, -0.15) is 0 Å². The van der Waals surface area contributed by atoms with Gasteiger partial charge in [-0.15, -0.1) is 0 Å². The monoisotopic (exact) mass is 249 g/mol. The van der Waals surface area contributed by atoms with Gasteiger partial charge in [-0.1, -0.05) is 18.2 Å². The van der Waals surface area contributed by atoms with Crippen molar-refractivity contribution in [3.8, 4) is 16.9 Å². The summed E-state index contributed by atoms with van der Waals surface area (Å²) in [7, 11) is 1.73. The van der Waals surface area contributed by atoms with E-state index in [9.17, 15) is 0 Å². The summed E-state index contributed by atoms with van der Waals surface area (Å²) in [6, 6.07) is 12.8. The Labute approximate surface area is 112 Å². The van der Waals surface area contributed by atoms with Gasteiger partial charge in [-0.25, -0.2) is 0 Å². The lowest BCUT2D eigenvalue weighted by molar-refractivity contribution is 0.414. The van der Waals surface area contributed by atoms with Crippen LogP contribution < -0.4 is 4.74 Å². The predicted octanol–water partition coefficient (Wildman–Crippen LogP) is 4.06. The fourth-order valence-corrected chi connectivity index (χ4v) is 3.17. The van der Waals surface area contributed by atoms with Crippen LogP contribution >= 0.6 is 0 Å². The van der Waals surface area contributed by atoms with Crippen molar-refractivity contribution in [2.24, 2.45) is 0 Å². The second-order valence-corrected chi connectivity index (χ2v) is 5.17. The van der Waals surface area contributed by atoms with Crippen LogP contribution in [0.25, 0.3) is 22.0 Å². The molecule has 3 aromatic rings. The molecule has 0 atom stereocenters. The molecule has 1 N–H and O–H groups in total. The fraction of sp³-hybridized carbons (Fsp3) is 0.176. The first-order valence-corrected chi connectivity index (χ1v) is 6.55. The average Bonchev–Trinajstić information content (AvgIpc) is 2.95. The van der Waals surface area contributed by atoms with E-state index in [1.165, 1.54) is 38.9 Å². The zero-order valence-electron chi connectivity index (χ0n) is 11.1. The van der Waals surface area contributed by atoms with Crippen LogP contribution in [-0.2, 0) is 6.42 Å². The second-order valence-electron chi connectivity index (χ2n) is 5.17. The van der Waals surface area contributed by atoms with Crippen LogP contribution in [0.2, 0.25) is 0 Å². The summed E-state index contributed by atoms with van der Waals surface area (Å²) in [5.74, 6) is 0.939. The number of para-hydroxylation sites is 1. The van der Waals surface area contributed by atoms with Gasteiger partial charge in [0.2, 0.25) is 0 Å². The molecule has 1 aliphatic rings. The molecule has 19 heavy (non-hydrogen) atoms. The number of rotatable bonds is 1. The van der Waals surface area contributed by atoms with E-state index in [0.717, 1.165) is 12.2 Å². The van der Waals surface area contributed by atoms with Crippen LogP contribution in [0.1, 0.15) is 16.8 Å². The van der Waals surface area contributed by atoms with Gasteiger partial charge in [0, 0.05) is 28.6 Å². The van der Waals surface area contributed by atoms with E-state index in [4.69, 9.17) is 4.74 Å². The summed E-state index contributed by atoms with van der Waals surface area (Å²) in [5, 5.41) is 1.31. The maximum atomic E-state index is 5.41. The van der Waals surface area contributed by atoms with Gasteiger partial charge < -0.3 is 9.72 Å². The molecule has 2 nitrogen and oxygen atoms in total. The van der Waals surface area contributed by atoms with E-state index in [2.05, 4.69) is 48.3 Å². The zero-order valence-corrected chi connectivity index (χ0v) is 11.1. The molecule has 1 heterocycles. The minimum absolute atomic E-state index is 0.939. The Kier molecular flexibility index (Phi) is 2.05. The number of H-pyrrole nitrogens is 1. The summed E-state index contributed by atoms with van der Waals surface area (Å²) < 4.78 is 5.41. The first-order valence-electron chi connectivity index (χ1n) is 6.55. The number of aromatic nitrogens is 1. The highest BCUT2D eigenvalue weighted by atomic mass is 16.5. The highest BCUT2D eigenvalue weighted by Crippen LogP contribution is 2.44. The Balaban J connectivity index is 2.07. The lowest BCUT2D eigenvalue weighted by Gasteiger charge is -2.08. The molecule has 4 rings (SSSR count). The SMILES string of the molecule is COc1cc(C)c2c(c1)-c1c([nH]c3ccccc13)C2. The number of aromatic amines is 1. The maximum Gasteiger partial charge on any atom is 0.119 e. The molecule has 0 saturated carbocycles. The molecular weight excluding hydrogens is 234 g/mol. The van der Waals surface area contributed by atoms with Crippen molar-refractivity contribution >= 4 is 10.9 Å². The molecule has 2 heteroatoms. The van der Waals surface area contributed by atoms with E-state index in [1.54, 1.807) is 7.11 Å². The van der Waals surface area contributed by atoms with Gasteiger partial charge >= 0.3 is 0 Å². The van der Waals surface area contributed by atoms with Crippen molar-refractivity contribution in [3.63, 3.8) is 0 Å². The van der Waals surface area contributed by atoms with Gasteiger partial charge in [-0.05, 0) is 41.8 Å². The van der Waals surface area contributed by atoms with Crippen molar-refractivity contribution in [2.45, 2.75) is 13.3 Å². The molecule has 0 bridgehead atoms.